The van der Waals surface area contributed by atoms with E-state index in [4.69, 9.17) is 4.42 Å². The molecule has 2 aromatic rings. The molecule has 1 aromatic carbocycles. The van der Waals surface area contributed by atoms with Crippen molar-refractivity contribution < 1.29 is 4.42 Å². The summed E-state index contributed by atoms with van der Waals surface area (Å²) in [4.78, 5) is 0. The Bertz CT molecular complexity index is 489. The number of aryl methyl sites for hydroxylation is 1. The van der Waals surface area contributed by atoms with Crippen LogP contribution in [0.1, 0.15) is 49.8 Å². The van der Waals surface area contributed by atoms with Gasteiger partial charge in [-0.25, -0.2) is 0 Å². The van der Waals surface area contributed by atoms with Crippen LogP contribution in [0.3, 0.4) is 0 Å². The molecular formula is C17H23NO. The van der Waals surface area contributed by atoms with Gasteiger partial charge in [-0.05, 0) is 24.2 Å². The number of likely N-dealkylation sites (N-methyl/N-ethyl adjacent to an activating group) is 1. The van der Waals surface area contributed by atoms with Crippen LogP contribution < -0.4 is 5.32 Å². The molecule has 2 nitrogen and oxygen atoms in total. The van der Waals surface area contributed by atoms with Gasteiger partial charge in [0.2, 0.25) is 0 Å². The van der Waals surface area contributed by atoms with Crippen molar-refractivity contribution in [1.82, 2.24) is 5.32 Å². The molecule has 1 N–H and O–H groups in total. The first-order chi connectivity index (χ1) is 9.26. The van der Waals surface area contributed by atoms with E-state index in [0.717, 1.165) is 24.5 Å². The molecule has 102 valence electrons. The molecule has 1 aromatic heterocycles. The molecule has 2 heteroatoms. The maximum Gasteiger partial charge on any atom is 0.121 e. The summed E-state index contributed by atoms with van der Waals surface area (Å²) in [5, 5.41) is 3.54. The summed E-state index contributed by atoms with van der Waals surface area (Å²) in [7, 11) is 0. The van der Waals surface area contributed by atoms with Gasteiger partial charge in [-0.15, -0.1) is 0 Å². The number of hydrogen-bond acceptors (Lipinski definition) is 2. The zero-order chi connectivity index (χ0) is 13.7. The van der Waals surface area contributed by atoms with Crippen molar-refractivity contribution in [3.05, 3.63) is 59.5 Å². The van der Waals surface area contributed by atoms with E-state index in [-0.39, 0.29) is 6.04 Å². The predicted molar refractivity (Wildman–Crippen MR) is 79.4 cm³/mol. The lowest BCUT2D eigenvalue weighted by molar-refractivity contribution is 0.368. The van der Waals surface area contributed by atoms with E-state index < -0.39 is 0 Å². The van der Waals surface area contributed by atoms with Crippen LogP contribution in [0, 0.1) is 0 Å². The van der Waals surface area contributed by atoms with Crippen molar-refractivity contribution in [3.8, 4) is 0 Å². The Morgan fingerprint density at radius 1 is 1.05 bits per heavy atom. The summed E-state index contributed by atoms with van der Waals surface area (Å²) < 4.78 is 5.93. The average molecular weight is 257 g/mol. The minimum absolute atomic E-state index is 0.229. The number of hydrogen-bond donors (Lipinski definition) is 1. The van der Waals surface area contributed by atoms with Gasteiger partial charge < -0.3 is 9.73 Å². The van der Waals surface area contributed by atoms with E-state index >= 15 is 0 Å². The largest absolute Gasteiger partial charge is 0.464 e. The van der Waals surface area contributed by atoms with Crippen LogP contribution in [0.25, 0.3) is 0 Å². The lowest BCUT2D eigenvalue weighted by Gasteiger charge is -2.23. The SMILES string of the molecule is CCNC(c1ccc(CC)o1)C(C)c1ccccc1. The van der Waals surface area contributed by atoms with Gasteiger partial charge in [0.25, 0.3) is 0 Å². The van der Waals surface area contributed by atoms with E-state index in [9.17, 15) is 0 Å². The summed E-state index contributed by atoms with van der Waals surface area (Å²) in [6, 6.07) is 15.0. The van der Waals surface area contributed by atoms with Crippen molar-refractivity contribution in [1.29, 1.82) is 0 Å². The van der Waals surface area contributed by atoms with Crippen molar-refractivity contribution >= 4 is 0 Å². The molecule has 19 heavy (non-hydrogen) atoms. The highest BCUT2D eigenvalue weighted by molar-refractivity contribution is 5.24. The van der Waals surface area contributed by atoms with Crippen molar-refractivity contribution in [2.75, 3.05) is 6.54 Å². The molecule has 2 unspecified atom stereocenters. The molecule has 2 atom stereocenters. The first-order valence-corrected chi connectivity index (χ1v) is 7.13. The Hall–Kier alpha value is -1.54. The second-order valence-electron chi connectivity index (χ2n) is 4.89. The molecule has 0 aliphatic carbocycles. The summed E-state index contributed by atoms with van der Waals surface area (Å²) in [5.74, 6) is 2.48. The highest BCUT2D eigenvalue weighted by Gasteiger charge is 2.22. The van der Waals surface area contributed by atoms with Crippen molar-refractivity contribution in [2.45, 2.75) is 39.2 Å². The molecule has 0 radical (unpaired) electrons. The number of rotatable bonds is 6. The molecule has 0 amide bonds. The van der Waals surface area contributed by atoms with E-state index in [1.165, 1.54) is 5.56 Å². The third kappa shape index (κ3) is 3.27. The second-order valence-corrected chi connectivity index (χ2v) is 4.89. The molecule has 0 spiro atoms. The van der Waals surface area contributed by atoms with Gasteiger partial charge in [0.15, 0.2) is 0 Å². The molecule has 0 saturated carbocycles. The van der Waals surface area contributed by atoms with Crippen LogP contribution in [0.5, 0.6) is 0 Å². The third-order valence-electron chi connectivity index (χ3n) is 3.59. The van der Waals surface area contributed by atoms with Crippen LogP contribution in [-0.4, -0.2) is 6.54 Å². The number of nitrogens with one attached hydrogen (secondary N) is 1. The summed E-state index contributed by atoms with van der Waals surface area (Å²) in [6.07, 6.45) is 0.943. The fourth-order valence-electron chi connectivity index (χ4n) is 2.44. The van der Waals surface area contributed by atoms with Crippen molar-refractivity contribution in [2.24, 2.45) is 0 Å². The van der Waals surface area contributed by atoms with E-state index in [0.29, 0.717) is 5.92 Å². The molecule has 0 aliphatic rings. The standard InChI is InChI=1S/C17H23NO/c1-4-15-11-12-16(19-15)17(18-5-2)13(3)14-9-7-6-8-10-14/h6-13,17-18H,4-5H2,1-3H3. The molecule has 0 bridgehead atoms. The highest BCUT2D eigenvalue weighted by Crippen LogP contribution is 2.31. The lowest BCUT2D eigenvalue weighted by atomic mass is 9.92. The maximum absolute atomic E-state index is 5.93. The first-order valence-electron chi connectivity index (χ1n) is 7.13. The Morgan fingerprint density at radius 3 is 2.37 bits per heavy atom. The Balaban J connectivity index is 2.24. The zero-order valence-corrected chi connectivity index (χ0v) is 12.0. The predicted octanol–water partition coefficient (Wildman–Crippen LogP) is 4.30. The molecular weight excluding hydrogens is 234 g/mol. The van der Waals surface area contributed by atoms with E-state index in [1.807, 2.05) is 0 Å². The smallest absolute Gasteiger partial charge is 0.121 e. The highest BCUT2D eigenvalue weighted by atomic mass is 16.3. The van der Waals surface area contributed by atoms with Gasteiger partial charge in [0.05, 0.1) is 6.04 Å². The topological polar surface area (TPSA) is 25.2 Å². The van der Waals surface area contributed by atoms with E-state index in [2.05, 4.69) is 68.6 Å². The lowest BCUT2D eigenvalue weighted by Crippen LogP contribution is -2.25. The monoisotopic (exact) mass is 257 g/mol. The number of benzene rings is 1. The van der Waals surface area contributed by atoms with Gasteiger partial charge in [-0.3, -0.25) is 0 Å². The minimum atomic E-state index is 0.229. The van der Waals surface area contributed by atoms with Crippen LogP contribution in [0.2, 0.25) is 0 Å². The maximum atomic E-state index is 5.93. The summed E-state index contributed by atoms with van der Waals surface area (Å²) in [5.41, 5.74) is 1.34. The van der Waals surface area contributed by atoms with Gasteiger partial charge in [0, 0.05) is 12.3 Å². The summed E-state index contributed by atoms with van der Waals surface area (Å²) >= 11 is 0. The van der Waals surface area contributed by atoms with Crippen LogP contribution in [0.4, 0.5) is 0 Å². The van der Waals surface area contributed by atoms with Gasteiger partial charge in [-0.1, -0.05) is 51.1 Å². The zero-order valence-electron chi connectivity index (χ0n) is 12.0. The van der Waals surface area contributed by atoms with Crippen LogP contribution in [-0.2, 0) is 6.42 Å². The van der Waals surface area contributed by atoms with E-state index in [1.54, 1.807) is 0 Å². The third-order valence-corrected chi connectivity index (χ3v) is 3.59. The normalized spacial score (nSPS) is 14.3. The quantitative estimate of drug-likeness (QED) is 0.834. The Labute approximate surface area is 115 Å². The van der Waals surface area contributed by atoms with Gasteiger partial charge in [-0.2, -0.15) is 0 Å². The molecule has 0 fully saturated rings. The Morgan fingerprint density at radius 2 is 1.79 bits per heavy atom. The molecule has 2 rings (SSSR count). The molecule has 1 heterocycles. The minimum Gasteiger partial charge on any atom is -0.464 e. The molecule has 0 saturated heterocycles. The van der Waals surface area contributed by atoms with Crippen molar-refractivity contribution in [3.63, 3.8) is 0 Å². The van der Waals surface area contributed by atoms with Crippen LogP contribution in [0.15, 0.2) is 46.9 Å². The molecule has 0 aliphatic heterocycles. The summed E-state index contributed by atoms with van der Waals surface area (Å²) in [6.45, 7) is 7.43. The fourth-order valence-corrected chi connectivity index (χ4v) is 2.44. The van der Waals surface area contributed by atoms with Crippen LogP contribution >= 0.6 is 0 Å². The first kappa shape index (κ1) is 13.9. The van der Waals surface area contributed by atoms with Gasteiger partial charge >= 0.3 is 0 Å². The number of furan rings is 1. The Kier molecular flexibility index (Phi) is 4.80. The fraction of sp³-hybridized carbons (Fsp3) is 0.412. The average Bonchev–Trinajstić information content (AvgIpc) is 2.93. The second kappa shape index (κ2) is 6.58. The van der Waals surface area contributed by atoms with Gasteiger partial charge in [0.1, 0.15) is 11.5 Å².